The van der Waals surface area contributed by atoms with Crippen molar-refractivity contribution in [3.8, 4) is 0 Å². The molecular formula is C21H30N4O3. The monoisotopic (exact) mass is 386 g/mol. The van der Waals surface area contributed by atoms with E-state index in [2.05, 4.69) is 36.1 Å². The third-order valence-electron chi connectivity index (χ3n) is 6.71. The van der Waals surface area contributed by atoms with Gasteiger partial charge in [0, 0.05) is 38.4 Å². The van der Waals surface area contributed by atoms with E-state index in [1.54, 1.807) is 5.48 Å². The van der Waals surface area contributed by atoms with Crippen LogP contribution in [0.4, 0.5) is 5.69 Å². The molecule has 2 saturated heterocycles. The summed E-state index contributed by atoms with van der Waals surface area (Å²) < 4.78 is 0. The number of likely N-dealkylation sites (tertiary alicyclic amines) is 1. The van der Waals surface area contributed by atoms with Crippen LogP contribution in [0, 0.1) is 18.3 Å². The first-order chi connectivity index (χ1) is 13.4. The van der Waals surface area contributed by atoms with E-state index >= 15 is 0 Å². The number of nitrogens with one attached hydrogen (secondary N) is 1. The lowest BCUT2D eigenvalue weighted by Crippen LogP contribution is -2.61. The number of piperidine rings is 1. The minimum absolute atomic E-state index is 0.00972. The van der Waals surface area contributed by atoms with Gasteiger partial charge in [0.05, 0.1) is 5.92 Å². The predicted octanol–water partition coefficient (Wildman–Crippen LogP) is 1.25. The van der Waals surface area contributed by atoms with Crippen molar-refractivity contribution in [2.24, 2.45) is 11.3 Å². The number of amides is 2. The summed E-state index contributed by atoms with van der Waals surface area (Å²) in [7, 11) is 1.93. The molecule has 1 spiro atoms. The average Bonchev–Trinajstić information content (AvgIpc) is 3.44. The highest BCUT2D eigenvalue weighted by molar-refractivity contribution is 5.90. The van der Waals surface area contributed by atoms with Crippen molar-refractivity contribution in [2.75, 3.05) is 44.7 Å². The predicted molar refractivity (Wildman–Crippen MR) is 106 cm³/mol. The maximum absolute atomic E-state index is 13.3. The summed E-state index contributed by atoms with van der Waals surface area (Å²) in [5.41, 5.74) is 4.38. The molecule has 7 nitrogen and oxygen atoms in total. The van der Waals surface area contributed by atoms with Crippen LogP contribution in [0.2, 0.25) is 0 Å². The van der Waals surface area contributed by atoms with E-state index in [0.29, 0.717) is 19.5 Å². The van der Waals surface area contributed by atoms with Gasteiger partial charge in [-0.3, -0.25) is 19.7 Å². The summed E-state index contributed by atoms with van der Waals surface area (Å²) >= 11 is 0. The molecular weight excluding hydrogens is 356 g/mol. The van der Waals surface area contributed by atoms with Crippen LogP contribution in [0.25, 0.3) is 0 Å². The van der Waals surface area contributed by atoms with Gasteiger partial charge in [0.25, 0.3) is 0 Å². The normalized spacial score (nSPS) is 27.0. The molecule has 2 heterocycles. The van der Waals surface area contributed by atoms with Gasteiger partial charge in [-0.15, -0.1) is 0 Å². The Bertz CT molecular complexity index is 756. The zero-order valence-corrected chi connectivity index (χ0v) is 16.7. The fourth-order valence-electron chi connectivity index (χ4n) is 4.99. The van der Waals surface area contributed by atoms with Crippen molar-refractivity contribution >= 4 is 17.5 Å². The van der Waals surface area contributed by atoms with Crippen LogP contribution in [-0.2, 0) is 9.59 Å². The van der Waals surface area contributed by atoms with Gasteiger partial charge in [0.2, 0.25) is 11.8 Å². The largest absolute Gasteiger partial charge is 0.368 e. The molecule has 1 aromatic carbocycles. The number of piperazine rings is 1. The Labute approximate surface area is 166 Å². The summed E-state index contributed by atoms with van der Waals surface area (Å²) in [6, 6.07) is 7.93. The van der Waals surface area contributed by atoms with Gasteiger partial charge in [-0.05, 0) is 56.3 Å². The molecule has 4 rings (SSSR count). The van der Waals surface area contributed by atoms with Crippen molar-refractivity contribution in [1.29, 1.82) is 0 Å². The molecule has 0 unspecified atom stereocenters. The first-order valence-electron chi connectivity index (χ1n) is 10.2. The smallest absolute Gasteiger partial charge is 0.248 e. The van der Waals surface area contributed by atoms with E-state index in [-0.39, 0.29) is 11.3 Å². The van der Waals surface area contributed by atoms with Gasteiger partial charge < -0.3 is 9.80 Å². The summed E-state index contributed by atoms with van der Waals surface area (Å²) in [5.74, 6) is -0.918. The molecule has 152 valence electrons. The van der Waals surface area contributed by atoms with Crippen LogP contribution in [0.15, 0.2) is 24.3 Å². The van der Waals surface area contributed by atoms with Crippen LogP contribution in [-0.4, -0.2) is 72.6 Å². The Morgan fingerprint density at radius 1 is 1.18 bits per heavy atom. The molecule has 7 heteroatoms. The number of nitrogens with zero attached hydrogens (tertiary/aromatic N) is 3. The molecule has 3 aliphatic rings. The van der Waals surface area contributed by atoms with E-state index in [0.717, 1.165) is 32.5 Å². The average molecular weight is 386 g/mol. The van der Waals surface area contributed by atoms with E-state index < -0.39 is 17.9 Å². The number of hydroxylamine groups is 1. The van der Waals surface area contributed by atoms with Crippen molar-refractivity contribution < 1.29 is 14.8 Å². The number of rotatable bonds is 3. The topological polar surface area (TPSA) is 76.1 Å². The Balaban J connectivity index is 1.44. The molecule has 1 aliphatic carbocycles. The minimum atomic E-state index is -0.496. The standard InChI is InChI=1S/C21H30N4O3/c1-15-4-3-5-16(12-15)24-8-10-25(11-9-24)20(27)18-17(19(26)22-28)13-21(6-7-21)14-23(18)2/h3-5,12,17-18,28H,6-11,13-14H2,1-2H3,(H,22,26)/t17-,18-/m0/s1. The highest BCUT2D eigenvalue weighted by atomic mass is 16.5. The van der Waals surface area contributed by atoms with Crippen LogP contribution >= 0.6 is 0 Å². The zero-order valence-electron chi connectivity index (χ0n) is 16.7. The second-order valence-electron chi connectivity index (χ2n) is 8.80. The SMILES string of the molecule is Cc1cccc(N2CCN(C(=O)[C@@H]3[C@@H](C(=O)NO)CC4(CC4)CN3C)CC2)c1. The highest BCUT2D eigenvalue weighted by Crippen LogP contribution is 2.54. The van der Waals surface area contributed by atoms with Crippen molar-refractivity contribution in [1.82, 2.24) is 15.3 Å². The van der Waals surface area contributed by atoms with Gasteiger partial charge in [-0.25, -0.2) is 5.48 Å². The van der Waals surface area contributed by atoms with E-state index in [1.807, 2.05) is 16.8 Å². The molecule has 2 aliphatic heterocycles. The van der Waals surface area contributed by atoms with Crippen molar-refractivity contribution in [2.45, 2.75) is 32.2 Å². The summed E-state index contributed by atoms with van der Waals surface area (Å²) in [6.45, 7) is 5.80. The molecule has 3 fully saturated rings. The molecule has 28 heavy (non-hydrogen) atoms. The maximum Gasteiger partial charge on any atom is 0.248 e. The van der Waals surface area contributed by atoms with Crippen molar-refractivity contribution in [3.63, 3.8) is 0 Å². The number of carbonyl (C=O) groups excluding carboxylic acids is 2. The van der Waals surface area contributed by atoms with Crippen LogP contribution < -0.4 is 10.4 Å². The summed E-state index contributed by atoms with van der Waals surface area (Å²) in [6.07, 6.45) is 2.88. The maximum atomic E-state index is 13.3. The number of likely N-dealkylation sites (N-methyl/N-ethyl adjacent to an activating group) is 1. The minimum Gasteiger partial charge on any atom is -0.368 e. The molecule has 0 bridgehead atoms. The Hall–Kier alpha value is -2.12. The first-order valence-corrected chi connectivity index (χ1v) is 10.2. The van der Waals surface area contributed by atoms with Gasteiger partial charge >= 0.3 is 0 Å². The van der Waals surface area contributed by atoms with E-state index in [9.17, 15) is 14.8 Å². The Morgan fingerprint density at radius 2 is 1.89 bits per heavy atom. The third-order valence-corrected chi connectivity index (χ3v) is 6.71. The second-order valence-corrected chi connectivity index (χ2v) is 8.80. The van der Waals surface area contributed by atoms with Gasteiger partial charge in [0.1, 0.15) is 6.04 Å². The number of aryl methyl sites for hydroxylation is 1. The lowest BCUT2D eigenvalue weighted by atomic mass is 9.80. The summed E-state index contributed by atoms with van der Waals surface area (Å²) in [5, 5.41) is 9.21. The molecule has 0 radical (unpaired) electrons. The van der Waals surface area contributed by atoms with Gasteiger partial charge in [-0.1, -0.05) is 12.1 Å². The van der Waals surface area contributed by atoms with E-state index in [4.69, 9.17) is 0 Å². The summed E-state index contributed by atoms with van der Waals surface area (Å²) in [4.78, 5) is 31.9. The zero-order chi connectivity index (χ0) is 19.9. The van der Waals surface area contributed by atoms with Crippen LogP contribution in [0.3, 0.4) is 0 Å². The fraction of sp³-hybridized carbons (Fsp3) is 0.619. The number of anilines is 1. The molecule has 0 aromatic heterocycles. The Kier molecular flexibility index (Phi) is 5.05. The van der Waals surface area contributed by atoms with E-state index in [1.165, 1.54) is 11.3 Å². The van der Waals surface area contributed by atoms with Gasteiger partial charge in [0.15, 0.2) is 0 Å². The molecule has 1 aromatic rings. The number of hydrogen-bond acceptors (Lipinski definition) is 5. The van der Waals surface area contributed by atoms with Crippen LogP contribution in [0.5, 0.6) is 0 Å². The number of carbonyl (C=O) groups is 2. The lowest BCUT2D eigenvalue weighted by Gasteiger charge is -2.45. The first kappa shape index (κ1) is 19.2. The van der Waals surface area contributed by atoms with Crippen molar-refractivity contribution in [3.05, 3.63) is 29.8 Å². The Morgan fingerprint density at radius 3 is 2.50 bits per heavy atom. The molecule has 1 saturated carbocycles. The fourth-order valence-corrected chi connectivity index (χ4v) is 4.99. The molecule has 2 atom stereocenters. The number of benzene rings is 1. The number of hydrogen-bond donors (Lipinski definition) is 2. The quantitative estimate of drug-likeness (QED) is 0.604. The third kappa shape index (κ3) is 3.61. The highest BCUT2D eigenvalue weighted by Gasteiger charge is 2.55. The second kappa shape index (κ2) is 7.37. The van der Waals surface area contributed by atoms with Gasteiger partial charge in [-0.2, -0.15) is 0 Å². The van der Waals surface area contributed by atoms with Crippen LogP contribution in [0.1, 0.15) is 24.8 Å². The molecule has 2 N–H and O–H groups in total. The molecule has 2 amide bonds. The lowest BCUT2D eigenvalue weighted by molar-refractivity contribution is -0.150.